The normalized spacial score (nSPS) is 17.1. The summed E-state index contributed by atoms with van der Waals surface area (Å²) in [6.45, 7) is 0.756. The molecule has 98 valence electrons. The molecule has 0 saturated heterocycles. The summed E-state index contributed by atoms with van der Waals surface area (Å²) < 4.78 is 6.82. The van der Waals surface area contributed by atoms with Gasteiger partial charge in [-0.1, -0.05) is 47.2 Å². The number of hydrogen-bond acceptors (Lipinski definition) is 2. The average molecular weight is 359 g/mol. The zero-order valence-corrected chi connectivity index (χ0v) is 12.5. The highest BCUT2D eigenvalue weighted by molar-refractivity contribution is 14.1. The van der Waals surface area contributed by atoms with Gasteiger partial charge in [0.1, 0.15) is 5.75 Å². The van der Waals surface area contributed by atoms with Crippen LogP contribution in [0.4, 0.5) is 0 Å². The summed E-state index contributed by atoms with van der Waals surface area (Å²) in [4.78, 5) is 11.9. The summed E-state index contributed by atoms with van der Waals surface area (Å²) in [7, 11) is 0. The van der Waals surface area contributed by atoms with Crippen LogP contribution < -0.4 is 10.1 Å². The average Bonchev–Trinajstić information content (AvgIpc) is 2.82. The van der Waals surface area contributed by atoms with Crippen LogP contribution >= 0.6 is 22.6 Å². The zero-order valence-electron chi connectivity index (χ0n) is 10.3. The lowest BCUT2D eigenvalue weighted by Gasteiger charge is -2.11. The Hall–Kier alpha value is -0.780. The molecular formula is C14H18INO2. The third-order valence-electron chi connectivity index (χ3n) is 3.05. The van der Waals surface area contributed by atoms with E-state index in [1.54, 1.807) is 0 Å². The fourth-order valence-electron chi connectivity index (χ4n) is 2.05. The molecule has 4 heteroatoms. The van der Waals surface area contributed by atoms with Crippen molar-refractivity contribution in [3.8, 4) is 5.75 Å². The van der Waals surface area contributed by atoms with Crippen LogP contribution in [0.25, 0.3) is 0 Å². The van der Waals surface area contributed by atoms with Crippen molar-refractivity contribution in [2.75, 3.05) is 11.0 Å². The number of hydrogen-bond donors (Lipinski definition) is 1. The molecule has 1 aromatic rings. The number of carbonyl (C=O) groups excluding carboxylic acids is 1. The number of halogens is 1. The first-order valence-corrected chi connectivity index (χ1v) is 7.92. The summed E-state index contributed by atoms with van der Waals surface area (Å²) >= 11 is 2.38. The molecular weight excluding hydrogens is 341 g/mol. The topological polar surface area (TPSA) is 38.3 Å². The molecule has 18 heavy (non-hydrogen) atoms. The van der Waals surface area contributed by atoms with Gasteiger partial charge in [-0.2, -0.15) is 0 Å². The van der Waals surface area contributed by atoms with E-state index in [1.807, 2.05) is 24.3 Å². The number of alkyl halides is 1. The Morgan fingerprint density at radius 1 is 1.33 bits per heavy atom. The molecule has 1 aromatic carbocycles. The highest BCUT2D eigenvalue weighted by atomic mass is 127. The van der Waals surface area contributed by atoms with Crippen molar-refractivity contribution in [2.24, 2.45) is 0 Å². The standard InChI is InChI=1S/C14H18INO2/c15-8-4-1-5-9-16-14(17)13-10-11-6-2-3-7-12(11)18-13/h2-3,6-7,13H,1,4-5,8-10H2,(H,16,17). The molecule has 1 heterocycles. The number of benzene rings is 1. The van der Waals surface area contributed by atoms with E-state index < -0.39 is 0 Å². The number of rotatable bonds is 6. The summed E-state index contributed by atoms with van der Waals surface area (Å²) in [5.74, 6) is 0.864. The molecule has 0 bridgehead atoms. The van der Waals surface area contributed by atoms with E-state index in [0.717, 1.165) is 24.3 Å². The van der Waals surface area contributed by atoms with Crippen LogP contribution in [0.1, 0.15) is 24.8 Å². The van der Waals surface area contributed by atoms with E-state index >= 15 is 0 Å². The van der Waals surface area contributed by atoms with Crippen LogP contribution in [0.2, 0.25) is 0 Å². The molecule has 0 aliphatic carbocycles. The zero-order chi connectivity index (χ0) is 12.8. The van der Waals surface area contributed by atoms with E-state index in [4.69, 9.17) is 4.74 Å². The maximum absolute atomic E-state index is 11.9. The Balaban J connectivity index is 1.72. The highest BCUT2D eigenvalue weighted by Crippen LogP contribution is 2.27. The van der Waals surface area contributed by atoms with Gasteiger partial charge in [0.25, 0.3) is 5.91 Å². The molecule has 0 spiro atoms. The molecule has 1 aliphatic heterocycles. The minimum atomic E-state index is -0.341. The maximum Gasteiger partial charge on any atom is 0.261 e. The smallest absolute Gasteiger partial charge is 0.261 e. The van der Waals surface area contributed by atoms with Gasteiger partial charge in [0.2, 0.25) is 0 Å². The molecule has 0 aromatic heterocycles. The van der Waals surface area contributed by atoms with Crippen molar-refractivity contribution in [2.45, 2.75) is 31.8 Å². The highest BCUT2D eigenvalue weighted by Gasteiger charge is 2.28. The van der Waals surface area contributed by atoms with Gasteiger partial charge in [-0.05, 0) is 28.9 Å². The van der Waals surface area contributed by atoms with Gasteiger partial charge in [-0.25, -0.2) is 0 Å². The fourth-order valence-corrected chi connectivity index (χ4v) is 2.59. The number of nitrogens with one attached hydrogen (secondary N) is 1. The molecule has 0 fully saturated rings. The lowest BCUT2D eigenvalue weighted by atomic mass is 10.1. The second kappa shape index (κ2) is 6.97. The lowest BCUT2D eigenvalue weighted by Crippen LogP contribution is -2.37. The minimum absolute atomic E-state index is 0.0145. The predicted molar refractivity (Wildman–Crippen MR) is 80.3 cm³/mol. The Kier molecular flexibility index (Phi) is 5.28. The number of unbranched alkanes of at least 4 members (excludes halogenated alkanes) is 2. The third kappa shape index (κ3) is 3.60. The van der Waals surface area contributed by atoms with Crippen molar-refractivity contribution >= 4 is 28.5 Å². The third-order valence-corrected chi connectivity index (χ3v) is 3.81. The van der Waals surface area contributed by atoms with Gasteiger partial charge < -0.3 is 10.1 Å². The van der Waals surface area contributed by atoms with Crippen LogP contribution in [-0.2, 0) is 11.2 Å². The summed E-state index contributed by atoms with van der Waals surface area (Å²) in [6, 6.07) is 7.85. The molecule has 0 saturated carbocycles. The number of ether oxygens (including phenoxy) is 1. The van der Waals surface area contributed by atoms with Crippen LogP contribution in [0.3, 0.4) is 0 Å². The van der Waals surface area contributed by atoms with Gasteiger partial charge >= 0.3 is 0 Å². The molecule has 1 N–H and O–H groups in total. The number of carbonyl (C=O) groups is 1. The molecule has 1 amide bonds. The second-order valence-corrected chi connectivity index (χ2v) is 5.54. The molecule has 1 unspecified atom stereocenters. The molecule has 1 aliphatic rings. The van der Waals surface area contributed by atoms with Crippen molar-refractivity contribution in [3.63, 3.8) is 0 Å². The van der Waals surface area contributed by atoms with Crippen LogP contribution in [0, 0.1) is 0 Å². The minimum Gasteiger partial charge on any atom is -0.480 e. The van der Waals surface area contributed by atoms with Gasteiger partial charge in [-0.15, -0.1) is 0 Å². The van der Waals surface area contributed by atoms with E-state index in [0.29, 0.717) is 6.42 Å². The van der Waals surface area contributed by atoms with Crippen LogP contribution in [-0.4, -0.2) is 23.0 Å². The van der Waals surface area contributed by atoms with Crippen LogP contribution in [0.15, 0.2) is 24.3 Å². The fraction of sp³-hybridized carbons (Fsp3) is 0.500. The van der Waals surface area contributed by atoms with Crippen molar-refractivity contribution in [1.82, 2.24) is 5.32 Å². The second-order valence-electron chi connectivity index (χ2n) is 4.46. The Bertz CT molecular complexity index is 384. The van der Waals surface area contributed by atoms with E-state index in [2.05, 4.69) is 27.9 Å². The summed E-state index contributed by atoms with van der Waals surface area (Å²) in [5, 5.41) is 2.95. The Morgan fingerprint density at radius 3 is 2.94 bits per heavy atom. The first-order valence-electron chi connectivity index (χ1n) is 6.39. The quantitative estimate of drug-likeness (QED) is 0.482. The predicted octanol–water partition coefficient (Wildman–Crippen LogP) is 2.71. The monoisotopic (exact) mass is 359 g/mol. The van der Waals surface area contributed by atoms with Gasteiger partial charge in [0.15, 0.2) is 6.10 Å². The van der Waals surface area contributed by atoms with Crippen molar-refractivity contribution in [1.29, 1.82) is 0 Å². The number of fused-ring (bicyclic) bond motifs is 1. The van der Waals surface area contributed by atoms with Crippen molar-refractivity contribution < 1.29 is 9.53 Å². The first-order chi connectivity index (χ1) is 8.81. The summed E-state index contributed by atoms with van der Waals surface area (Å²) in [5.41, 5.74) is 1.13. The van der Waals surface area contributed by atoms with Gasteiger partial charge in [-0.3, -0.25) is 4.79 Å². The molecule has 2 rings (SSSR count). The maximum atomic E-state index is 11.9. The summed E-state index contributed by atoms with van der Waals surface area (Å²) in [6.07, 6.45) is 3.80. The largest absolute Gasteiger partial charge is 0.480 e. The van der Waals surface area contributed by atoms with Gasteiger partial charge in [0.05, 0.1) is 0 Å². The Morgan fingerprint density at radius 2 is 2.17 bits per heavy atom. The molecule has 3 nitrogen and oxygen atoms in total. The SMILES string of the molecule is O=C(NCCCCCI)C1Cc2ccccc2O1. The van der Waals surface area contributed by atoms with Gasteiger partial charge in [0, 0.05) is 13.0 Å². The van der Waals surface area contributed by atoms with Crippen molar-refractivity contribution in [3.05, 3.63) is 29.8 Å². The van der Waals surface area contributed by atoms with Crippen LogP contribution in [0.5, 0.6) is 5.75 Å². The van der Waals surface area contributed by atoms with E-state index in [9.17, 15) is 4.79 Å². The number of amides is 1. The lowest BCUT2D eigenvalue weighted by molar-refractivity contribution is -0.127. The van der Waals surface area contributed by atoms with E-state index in [-0.39, 0.29) is 12.0 Å². The Labute approximate surface area is 121 Å². The number of para-hydroxylation sites is 1. The molecule has 1 atom stereocenters. The van der Waals surface area contributed by atoms with E-state index in [1.165, 1.54) is 17.3 Å². The first kappa shape index (κ1) is 13.6. The molecule has 0 radical (unpaired) electrons.